The maximum Gasteiger partial charge on any atom is 0.267 e. The first-order chi connectivity index (χ1) is 11.1. The summed E-state index contributed by atoms with van der Waals surface area (Å²) in [5.74, 6) is -0.538. The zero-order valence-corrected chi connectivity index (χ0v) is 12.7. The molecule has 23 heavy (non-hydrogen) atoms. The topological polar surface area (TPSA) is 85.8 Å². The van der Waals surface area contributed by atoms with E-state index in [0.717, 1.165) is 22.4 Å². The summed E-state index contributed by atoms with van der Waals surface area (Å²) in [7, 11) is 1.90. The van der Waals surface area contributed by atoms with Crippen molar-refractivity contribution in [3.8, 4) is 11.1 Å². The highest BCUT2D eigenvalue weighted by Crippen LogP contribution is 2.23. The van der Waals surface area contributed by atoms with Gasteiger partial charge in [-0.2, -0.15) is 5.10 Å². The number of amides is 1. The standard InChI is InChI=1S/C17H17N5O/c1-22-11-13(10-21-22)15-5-3-2-4-12(15)9-20-14-6-7-19-16(8-14)17(18)23/h2-8,10-11H,9H2,1H3,(H2,18,23)(H,19,20). The lowest BCUT2D eigenvalue weighted by atomic mass is 10.0. The van der Waals surface area contributed by atoms with Crippen molar-refractivity contribution in [3.63, 3.8) is 0 Å². The molecular weight excluding hydrogens is 290 g/mol. The van der Waals surface area contributed by atoms with E-state index < -0.39 is 5.91 Å². The minimum absolute atomic E-state index is 0.246. The summed E-state index contributed by atoms with van der Waals surface area (Å²) in [6, 6.07) is 11.6. The van der Waals surface area contributed by atoms with Gasteiger partial charge in [-0.25, -0.2) is 0 Å². The maximum atomic E-state index is 11.2. The van der Waals surface area contributed by atoms with Crippen LogP contribution in [0.1, 0.15) is 16.1 Å². The molecule has 0 spiro atoms. The Hall–Kier alpha value is -3.15. The SMILES string of the molecule is Cn1cc(-c2ccccc2CNc2ccnc(C(N)=O)c2)cn1. The molecule has 116 valence electrons. The van der Waals surface area contributed by atoms with Gasteiger partial charge in [0.1, 0.15) is 5.69 Å². The number of aromatic nitrogens is 3. The number of nitrogens with two attached hydrogens (primary N) is 1. The molecule has 3 rings (SSSR count). The molecule has 0 aliphatic heterocycles. The molecule has 0 atom stereocenters. The smallest absolute Gasteiger partial charge is 0.267 e. The second-order valence-corrected chi connectivity index (χ2v) is 5.21. The number of aryl methyl sites for hydroxylation is 1. The van der Waals surface area contributed by atoms with Crippen molar-refractivity contribution in [3.05, 3.63) is 66.2 Å². The quantitative estimate of drug-likeness (QED) is 0.756. The minimum atomic E-state index is -0.538. The Morgan fingerprint density at radius 1 is 1.30 bits per heavy atom. The number of carbonyl (C=O) groups excluding carboxylic acids is 1. The number of pyridine rings is 1. The molecule has 0 fully saturated rings. The summed E-state index contributed by atoms with van der Waals surface area (Å²) >= 11 is 0. The number of nitrogens with one attached hydrogen (secondary N) is 1. The van der Waals surface area contributed by atoms with Crippen molar-refractivity contribution in [2.45, 2.75) is 6.54 Å². The number of rotatable bonds is 5. The van der Waals surface area contributed by atoms with Crippen molar-refractivity contribution < 1.29 is 4.79 Å². The van der Waals surface area contributed by atoms with E-state index in [1.165, 1.54) is 0 Å². The zero-order chi connectivity index (χ0) is 16.2. The third-order valence-electron chi connectivity index (χ3n) is 3.53. The molecule has 6 heteroatoms. The third kappa shape index (κ3) is 3.37. The van der Waals surface area contributed by atoms with Gasteiger partial charge in [-0.05, 0) is 23.3 Å². The highest BCUT2D eigenvalue weighted by atomic mass is 16.1. The van der Waals surface area contributed by atoms with Gasteiger partial charge in [0.15, 0.2) is 0 Å². The van der Waals surface area contributed by atoms with Crippen LogP contribution in [0.25, 0.3) is 11.1 Å². The first-order valence-electron chi connectivity index (χ1n) is 7.20. The van der Waals surface area contributed by atoms with E-state index in [0.29, 0.717) is 6.54 Å². The summed E-state index contributed by atoms with van der Waals surface area (Å²) in [4.78, 5) is 15.1. The lowest BCUT2D eigenvalue weighted by Crippen LogP contribution is -2.13. The number of primary amides is 1. The highest BCUT2D eigenvalue weighted by molar-refractivity contribution is 5.91. The van der Waals surface area contributed by atoms with Crippen molar-refractivity contribution in [1.29, 1.82) is 0 Å². The van der Waals surface area contributed by atoms with Gasteiger partial charge in [0.05, 0.1) is 6.20 Å². The number of benzene rings is 1. The van der Waals surface area contributed by atoms with Crippen molar-refractivity contribution in [1.82, 2.24) is 14.8 Å². The van der Waals surface area contributed by atoms with E-state index in [-0.39, 0.29) is 5.69 Å². The largest absolute Gasteiger partial charge is 0.381 e. The Labute approximate surface area is 134 Å². The van der Waals surface area contributed by atoms with Crippen LogP contribution in [-0.4, -0.2) is 20.7 Å². The van der Waals surface area contributed by atoms with Crippen LogP contribution in [0.4, 0.5) is 5.69 Å². The molecule has 1 amide bonds. The molecule has 0 saturated heterocycles. The molecule has 0 saturated carbocycles. The number of anilines is 1. The second-order valence-electron chi connectivity index (χ2n) is 5.21. The molecule has 6 nitrogen and oxygen atoms in total. The molecule has 2 heterocycles. The predicted molar refractivity (Wildman–Crippen MR) is 88.7 cm³/mol. The Kier molecular flexibility index (Phi) is 4.05. The molecule has 3 aromatic rings. The summed E-state index contributed by atoms with van der Waals surface area (Å²) in [5, 5.41) is 7.52. The van der Waals surface area contributed by atoms with E-state index in [4.69, 9.17) is 5.73 Å². The lowest BCUT2D eigenvalue weighted by Gasteiger charge is -2.11. The van der Waals surface area contributed by atoms with Crippen LogP contribution in [0.5, 0.6) is 0 Å². The number of nitrogens with zero attached hydrogens (tertiary/aromatic N) is 3. The van der Waals surface area contributed by atoms with Gasteiger partial charge in [0.25, 0.3) is 5.91 Å². The van der Waals surface area contributed by atoms with Gasteiger partial charge in [-0.1, -0.05) is 24.3 Å². The number of hydrogen-bond donors (Lipinski definition) is 2. The fourth-order valence-corrected chi connectivity index (χ4v) is 2.39. The second kappa shape index (κ2) is 6.31. The highest BCUT2D eigenvalue weighted by Gasteiger charge is 2.07. The van der Waals surface area contributed by atoms with Gasteiger partial charge in [-0.15, -0.1) is 0 Å². The van der Waals surface area contributed by atoms with E-state index in [1.54, 1.807) is 23.0 Å². The number of hydrogen-bond acceptors (Lipinski definition) is 4. The lowest BCUT2D eigenvalue weighted by molar-refractivity contribution is 0.0995. The fraction of sp³-hybridized carbons (Fsp3) is 0.118. The first-order valence-corrected chi connectivity index (χ1v) is 7.20. The van der Waals surface area contributed by atoms with Crippen molar-refractivity contribution in [2.24, 2.45) is 12.8 Å². The van der Waals surface area contributed by atoms with Crippen LogP contribution >= 0.6 is 0 Å². The Morgan fingerprint density at radius 3 is 2.87 bits per heavy atom. The Morgan fingerprint density at radius 2 is 2.13 bits per heavy atom. The van der Waals surface area contributed by atoms with E-state index >= 15 is 0 Å². The van der Waals surface area contributed by atoms with E-state index in [9.17, 15) is 4.79 Å². The van der Waals surface area contributed by atoms with Crippen LogP contribution < -0.4 is 11.1 Å². The van der Waals surface area contributed by atoms with Crippen LogP contribution in [0.2, 0.25) is 0 Å². The van der Waals surface area contributed by atoms with Crippen LogP contribution in [0.3, 0.4) is 0 Å². The van der Waals surface area contributed by atoms with Crippen LogP contribution in [0.15, 0.2) is 55.0 Å². The third-order valence-corrected chi connectivity index (χ3v) is 3.53. The minimum Gasteiger partial charge on any atom is -0.381 e. The monoisotopic (exact) mass is 307 g/mol. The Bertz CT molecular complexity index is 840. The molecule has 3 N–H and O–H groups in total. The first kappa shape index (κ1) is 14.8. The molecule has 0 unspecified atom stereocenters. The average molecular weight is 307 g/mol. The molecule has 0 aliphatic rings. The number of carbonyl (C=O) groups is 1. The summed E-state index contributed by atoms with van der Waals surface area (Å²) < 4.78 is 1.78. The summed E-state index contributed by atoms with van der Waals surface area (Å²) in [5.41, 5.74) is 9.63. The van der Waals surface area contributed by atoms with Gasteiger partial charge in [0.2, 0.25) is 0 Å². The Balaban J connectivity index is 1.81. The summed E-state index contributed by atoms with van der Waals surface area (Å²) in [6.45, 7) is 0.618. The predicted octanol–water partition coefficient (Wildman–Crippen LogP) is 2.19. The molecule has 2 aromatic heterocycles. The van der Waals surface area contributed by atoms with Crippen LogP contribution in [0, 0.1) is 0 Å². The molecule has 0 bridgehead atoms. The van der Waals surface area contributed by atoms with Crippen molar-refractivity contribution >= 4 is 11.6 Å². The molecular formula is C17H17N5O. The van der Waals surface area contributed by atoms with Crippen molar-refractivity contribution in [2.75, 3.05) is 5.32 Å². The van der Waals surface area contributed by atoms with Gasteiger partial charge in [0, 0.05) is 37.2 Å². The normalized spacial score (nSPS) is 10.5. The van der Waals surface area contributed by atoms with Gasteiger partial charge in [-0.3, -0.25) is 14.5 Å². The summed E-state index contributed by atoms with van der Waals surface area (Å²) in [6.07, 6.45) is 5.39. The molecule has 0 aliphatic carbocycles. The van der Waals surface area contributed by atoms with Crippen LogP contribution in [-0.2, 0) is 13.6 Å². The van der Waals surface area contributed by atoms with E-state index in [2.05, 4.69) is 27.5 Å². The average Bonchev–Trinajstić information content (AvgIpc) is 3.00. The van der Waals surface area contributed by atoms with E-state index in [1.807, 2.05) is 31.6 Å². The maximum absolute atomic E-state index is 11.2. The zero-order valence-electron chi connectivity index (χ0n) is 12.7. The van der Waals surface area contributed by atoms with Gasteiger partial charge >= 0.3 is 0 Å². The molecule has 1 aromatic carbocycles. The molecule has 0 radical (unpaired) electrons. The fourth-order valence-electron chi connectivity index (χ4n) is 2.39. The van der Waals surface area contributed by atoms with Gasteiger partial charge < -0.3 is 11.1 Å².